The Kier molecular flexibility index (Phi) is 3.74. The van der Waals surface area contributed by atoms with Gasteiger partial charge in [-0.1, -0.05) is 0 Å². The van der Waals surface area contributed by atoms with Gasteiger partial charge in [-0.3, -0.25) is 10.1 Å². The minimum Gasteiger partial charge on any atom is -0.258 e. The number of halogens is 6. The van der Waals surface area contributed by atoms with Crippen LogP contribution < -0.4 is 0 Å². The first-order chi connectivity index (χ1) is 8.78. The first-order valence-corrected chi connectivity index (χ1v) is 5.85. The smallest absolute Gasteiger partial charge is 0.258 e. The van der Waals surface area contributed by atoms with Crippen LogP contribution in [0.5, 0.6) is 0 Å². The van der Waals surface area contributed by atoms with Crippen molar-refractivity contribution in [1.82, 2.24) is 0 Å². The lowest BCUT2D eigenvalue weighted by Gasteiger charge is -2.19. The monoisotopic (exact) mass is 323 g/mol. The van der Waals surface area contributed by atoms with Gasteiger partial charge in [0.15, 0.2) is 0 Å². The van der Waals surface area contributed by atoms with Crippen molar-refractivity contribution in [3.8, 4) is 0 Å². The van der Waals surface area contributed by atoms with Gasteiger partial charge in [0.05, 0.1) is 9.82 Å². The first kappa shape index (κ1) is 16.2. The highest BCUT2D eigenvalue weighted by molar-refractivity contribution is 7.86. The highest BCUT2D eigenvalue weighted by atomic mass is 32.3. The van der Waals surface area contributed by atoms with Crippen LogP contribution in [-0.2, 0) is 16.1 Å². The number of nitrogens with zero attached hydrogens (tertiary/aromatic N) is 1. The van der Waals surface area contributed by atoms with Gasteiger partial charge < -0.3 is 0 Å². The van der Waals surface area contributed by atoms with Gasteiger partial charge in [0.2, 0.25) is 0 Å². The normalized spacial score (nSPS) is 13.3. The summed E-state index contributed by atoms with van der Waals surface area (Å²) >= 11 is 0. The molecule has 0 aromatic heterocycles. The van der Waals surface area contributed by atoms with Gasteiger partial charge in [-0.05, 0) is 12.1 Å². The summed E-state index contributed by atoms with van der Waals surface area (Å²) in [5, 5.41) is 10.4. The van der Waals surface area contributed by atoms with E-state index in [1.54, 1.807) is 0 Å². The lowest BCUT2D eigenvalue weighted by molar-refractivity contribution is -0.389. The average molecular weight is 323 g/mol. The molecule has 0 aliphatic carbocycles. The van der Waals surface area contributed by atoms with Crippen LogP contribution in [-0.4, -0.2) is 19.5 Å². The van der Waals surface area contributed by atoms with E-state index in [0.29, 0.717) is 0 Å². The maximum absolute atomic E-state index is 13.1. The third-order valence-electron chi connectivity index (χ3n) is 2.14. The standard InChI is InChI=1S/C8H3F6NO4S/c9-7(10,8(11,12)13)5-3-4(20(14,18)19)1-2-6(5)15(16)17/h1-3H. The van der Waals surface area contributed by atoms with E-state index in [0.717, 1.165) is 0 Å². The molecule has 0 aliphatic rings. The molecule has 0 spiro atoms. The van der Waals surface area contributed by atoms with Crippen molar-refractivity contribution < 1.29 is 39.2 Å². The molecule has 0 atom stereocenters. The molecule has 112 valence electrons. The molecule has 1 aromatic carbocycles. The second-order valence-electron chi connectivity index (χ2n) is 3.45. The summed E-state index contributed by atoms with van der Waals surface area (Å²) in [7, 11) is -5.60. The van der Waals surface area contributed by atoms with Crippen molar-refractivity contribution in [3.63, 3.8) is 0 Å². The molecular weight excluding hydrogens is 320 g/mol. The Labute approximate surface area is 107 Å². The van der Waals surface area contributed by atoms with E-state index in [1.807, 2.05) is 0 Å². The number of nitro groups is 1. The predicted octanol–water partition coefficient (Wildman–Crippen LogP) is 2.91. The summed E-state index contributed by atoms with van der Waals surface area (Å²) in [6.45, 7) is 0. The summed E-state index contributed by atoms with van der Waals surface area (Å²) in [6, 6.07) is -0.147. The largest absolute Gasteiger partial charge is 0.458 e. The Hall–Kier alpha value is -1.85. The van der Waals surface area contributed by atoms with Crippen molar-refractivity contribution in [2.24, 2.45) is 0 Å². The maximum Gasteiger partial charge on any atom is 0.458 e. The SMILES string of the molecule is O=[N+]([O-])c1ccc(S(=O)(=O)F)cc1C(F)(F)C(F)(F)F. The second-order valence-corrected chi connectivity index (χ2v) is 4.79. The summed E-state index contributed by atoms with van der Waals surface area (Å²) in [5.41, 5.74) is -3.94. The minimum absolute atomic E-state index is 0.0570. The zero-order valence-electron chi connectivity index (χ0n) is 8.99. The molecule has 0 heterocycles. The number of benzene rings is 1. The molecule has 0 radical (unpaired) electrons. The van der Waals surface area contributed by atoms with Gasteiger partial charge in [0.25, 0.3) is 5.69 Å². The van der Waals surface area contributed by atoms with Crippen molar-refractivity contribution in [2.45, 2.75) is 17.0 Å². The molecule has 0 bridgehead atoms. The van der Waals surface area contributed by atoms with Crippen LogP contribution in [0, 0.1) is 10.1 Å². The highest BCUT2D eigenvalue weighted by Crippen LogP contribution is 2.47. The molecule has 0 N–H and O–H groups in total. The van der Waals surface area contributed by atoms with Crippen molar-refractivity contribution >= 4 is 15.9 Å². The van der Waals surface area contributed by atoms with Crippen molar-refractivity contribution in [3.05, 3.63) is 33.9 Å². The highest BCUT2D eigenvalue weighted by Gasteiger charge is 2.61. The zero-order chi connectivity index (χ0) is 15.9. The van der Waals surface area contributed by atoms with Crippen LogP contribution in [0.15, 0.2) is 23.1 Å². The Morgan fingerprint density at radius 1 is 1.10 bits per heavy atom. The van der Waals surface area contributed by atoms with E-state index in [9.17, 15) is 44.4 Å². The molecule has 1 rings (SSSR count). The molecule has 1 aromatic rings. The molecule has 5 nitrogen and oxygen atoms in total. The van der Waals surface area contributed by atoms with Crippen LogP contribution in [0.1, 0.15) is 5.56 Å². The lowest BCUT2D eigenvalue weighted by Crippen LogP contribution is -2.34. The van der Waals surface area contributed by atoms with Gasteiger partial charge in [0, 0.05) is 6.07 Å². The molecule has 0 fully saturated rings. The molecule has 0 unspecified atom stereocenters. The van der Waals surface area contributed by atoms with Gasteiger partial charge in [-0.15, -0.1) is 3.89 Å². The number of hydrogen-bond donors (Lipinski definition) is 0. The summed E-state index contributed by atoms with van der Waals surface area (Å²) < 4.78 is 96.3. The summed E-state index contributed by atoms with van der Waals surface area (Å²) in [5.74, 6) is -5.71. The fourth-order valence-corrected chi connectivity index (χ4v) is 1.72. The minimum atomic E-state index is -6.21. The van der Waals surface area contributed by atoms with Crippen LogP contribution in [0.2, 0.25) is 0 Å². The van der Waals surface area contributed by atoms with Crippen LogP contribution in [0.3, 0.4) is 0 Å². The van der Waals surface area contributed by atoms with E-state index < -0.39 is 49.5 Å². The fourth-order valence-electron chi connectivity index (χ4n) is 1.23. The van der Waals surface area contributed by atoms with E-state index in [4.69, 9.17) is 0 Å². The average Bonchev–Trinajstić information content (AvgIpc) is 2.25. The Morgan fingerprint density at radius 3 is 1.95 bits per heavy atom. The number of alkyl halides is 5. The first-order valence-electron chi connectivity index (χ1n) is 4.46. The van der Waals surface area contributed by atoms with Gasteiger partial charge >= 0.3 is 22.3 Å². The third-order valence-corrected chi connectivity index (χ3v) is 2.96. The van der Waals surface area contributed by atoms with Crippen LogP contribution in [0.25, 0.3) is 0 Å². The van der Waals surface area contributed by atoms with Gasteiger partial charge in [-0.2, -0.15) is 30.4 Å². The van der Waals surface area contributed by atoms with E-state index >= 15 is 0 Å². The van der Waals surface area contributed by atoms with E-state index in [1.165, 1.54) is 0 Å². The molecule has 0 amide bonds. The molecule has 0 saturated heterocycles. The van der Waals surface area contributed by atoms with Gasteiger partial charge in [0.1, 0.15) is 5.56 Å². The topological polar surface area (TPSA) is 77.3 Å². The lowest BCUT2D eigenvalue weighted by atomic mass is 10.1. The number of hydrogen-bond acceptors (Lipinski definition) is 4. The predicted molar refractivity (Wildman–Crippen MR) is 51.3 cm³/mol. The Morgan fingerprint density at radius 2 is 1.60 bits per heavy atom. The maximum atomic E-state index is 13.1. The van der Waals surface area contributed by atoms with Crippen molar-refractivity contribution in [2.75, 3.05) is 0 Å². The van der Waals surface area contributed by atoms with Gasteiger partial charge in [-0.25, -0.2) is 0 Å². The molecule has 20 heavy (non-hydrogen) atoms. The van der Waals surface area contributed by atoms with E-state index in [-0.39, 0.29) is 12.1 Å². The van der Waals surface area contributed by atoms with Crippen LogP contribution >= 0.6 is 0 Å². The summed E-state index contributed by atoms with van der Waals surface area (Å²) in [4.78, 5) is 7.31. The fraction of sp³-hybridized carbons (Fsp3) is 0.250. The number of nitro benzene ring substituents is 1. The van der Waals surface area contributed by atoms with E-state index in [2.05, 4.69) is 0 Å². The Balaban J connectivity index is 3.69. The quantitative estimate of drug-likeness (QED) is 0.371. The van der Waals surface area contributed by atoms with Crippen LogP contribution in [0.4, 0.5) is 31.5 Å². The molecule has 0 aliphatic heterocycles. The third kappa shape index (κ3) is 2.84. The Bertz CT molecular complexity index is 653. The molecule has 0 saturated carbocycles. The second kappa shape index (κ2) is 4.61. The zero-order valence-corrected chi connectivity index (χ0v) is 9.80. The van der Waals surface area contributed by atoms with Crippen molar-refractivity contribution in [1.29, 1.82) is 0 Å². The molecule has 12 heteroatoms. The summed E-state index contributed by atoms with van der Waals surface area (Å²) in [6.07, 6.45) is -6.21. The molecular formula is C8H3F6NO4S. The number of rotatable bonds is 3.